The van der Waals surface area contributed by atoms with E-state index in [9.17, 15) is 9.59 Å². The van der Waals surface area contributed by atoms with E-state index in [1.165, 1.54) is 21.1 Å². The molecule has 8 nitrogen and oxygen atoms in total. The standard InChI is InChI=1S/C14H22BrNO7/c1-6(12(18)20-5)16-11(17)7(15)8-9(19-4)10-13(21-8)23-14(2,3)22-10/h6-10,13H,1-5H3,(H,16,17)/t6-,7-,8-,9+,10-,13+/m1/s1. The fraction of sp³-hybridized carbons (Fsp3) is 0.857. The van der Waals surface area contributed by atoms with Crippen molar-refractivity contribution >= 4 is 27.8 Å². The highest BCUT2D eigenvalue weighted by molar-refractivity contribution is 9.10. The van der Waals surface area contributed by atoms with Gasteiger partial charge in [0.1, 0.15) is 29.2 Å². The van der Waals surface area contributed by atoms with Crippen LogP contribution in [0.1, 0.15) is 20.8 Å². The number of esters is 1. The molecule has 0 unspecified atom stereocenters. The van der Waals surface area contributed by atoms with Crippen molar-refractivity contribution < 1.29 is 33.3 Å². The molecule has 2 heterocycles. The van der Waals surface area contributed by atoms with Gasteiger partial charge in [0.05, 0.1) is 7.11 Å². The number of hydrogen-bond acceptors (Lipinski definition) is 7. The Morgan fingerprint density at radius 2 is 1.91 bits per heavy atom. The fourth-order valence-electron chi connectivity index (χ4n) is 2.69. The predicted octanol–water partition coefficient (Wildman–Crippen LogP) is 0.319. The van der Waals surface area contributed by atoms with E-state index < -0.39 is 53.1 Å². The van der Waals surface area contributed by atoms with Crippen molar-refractivity contribution in [3.8, 4) is 0 Å². The summed E-state index contributed by atoms with van der Waals surface area (Å²) in [5.41, 5.74) is 0. The number of ether oxygens (including phenoxy) is 5. The first-order chi connectivity index (χ1) is 10.7. The lowest BCUT2D eigenvalue weighted by atomic mass is 10.1. The molecule has 0 aromatic carbocycles. The normalized spacial score (nSPS) is 34.5. The maximum atomic E-state index is 12.3. The monoisotopic (exact) mass is 395 g/mol. The lowest BCUT2D eigenvalue weighted by Crippen LogP contribution is -2.49. The molecule has 0 aromatic rings. The number of halogens is 1. The summed E-state index contributed by atoms with van der Waals surface area (Å²) < 4.78 is 27.2. The Kier molecular flexibility index (Phi) is 5.68. The summed E-state index contributed by atoms with van der Waals surface area (Å²) in [6.45, 7) is 5.11. The second kappa shape index (κ2) is 7.02. The van der Waals surface area contributed by atoms with Crippen molar-refractivity contribution in [2.75, 3.05) is 14.2 Å². The van der Waals surface area contributed by atoms with Crippen LogP contribution < -0.4 is 5.32 Å². The Morgan fingerprint density at radius 3 is 2.48 bits per heavy atom. The van der Waals surface area contributed by atoms with E-state index in [4.69, 9.17) is 18.9 Å². The number of methoxy groups -OCH3 is 2. The summed E-state index contributed by atoms with van der Waals surface area (Å²) in [4.78, 5) is 22.9. The number of alkyl halides is 1. The summed E-state index contributed by atoms with van der Waals surface area (Å²) in [7, 11) is 2.78. The lowest BCUT2D eigenvalue weighted by Gasteiger charge is -2.27. The van der Waals surface area contributed by atoms with Crippen molar-refractivity contribution in [2.45, 2.75) is 62.0 Å². The van der Waals surface area contributed by atoms with Gasteiger partial charge in [-0.25, -0.2) is 4.79 Å². The molecule has 1 N–H and O–H groups in total. The van der Waals surface area contributed by atoms with Gasteiger partial charge in [-0.1, -0.05) is 15.9 Å². The first-order valence-corrected chi connectivity index (χ1v) is 8.18. The molecule has 1 amide bonds. The molecule has 0 bridgehead atoms. The maximum Gasteiger partial charge on any atom is 0.328 e. The van der Waals surface area contributed by atoms with E-state index in [1.807, 2.05) is 0 Å². The van der Waals surface area contributed by atoms with Crippen molar-refractivity contribution in [1.29, 1.82) is 0 Å². The first-order valence-electron chi connectivity index (χ1n) is 7.26. The summed E-state index contributed by atoms with van der Waals surface area (Å²) in [5, 5.41) is 2.56. The molecule has 132 valence electrons. The predicted molar refractivity (Wildman–Crippen MR) is 81.8 cm³/mol. The topological polar surface area (TPSA) is 92.3 Å². The molecular formula is C14H22BrNO7. The van der Waals surface area contributed by atoms with Crippen molar-refractivity contribution in [1.82, 2.24) is 5.32 Å². The average Bonchev–Trinajstić information content (AvgIpc) is 2.96. The molecule has 0 radical (unpaired) electrons. The van der Waals surface area contributed by atoms with Gasteiger partial charge in [-0.05, 0) is 20.8 Å². The molecule has 0 aromatic heterocycles. The number of fused-ring (bicyclic) bond motifs is 1. The van der Waals surface area contributed by atoms with Gasteiger partial charge in [0.15, 0.2) is 12.1 Å². The highest BCUT2D eigenvalue weighted by atomic mass is 79.9. The number of hydrogen-bond donors (Lipinski definition) is 1. The summed E-state index contributed by atoms with van der Waals surface area (Å²) in [6.07, 6.45) is -2.13. The third kappa shape index (κ3) is 3.85. The van der Waals surface area contributed by atoms with Crippen LogP contribution in [0.5, 0.6) is 0 Å². The van der Waals surface area contributed by atoms with Gasteiger partial charge in [-0.3, -0.25) is 4.79 Å². The van der Waals surface area contributed by atoms with Crippen LogP contribution in [0.3, 0.4) is 0 Å². The van der Waals surface area contributed by atoms with Gasteiger partial charge in [0.2, 0.25) is 5.91 Å². The Hall–Kier alpha value is -0.740. The van der Waals surface area contributed by atoms with Gasteiger partial charge in [0, 0.05) is 7.11 Å². The van der Waals surface area contributed by atoms with Crippen LogP contribution in [0.15, 0.2) is 0 Å². The molecule has 2 saturated heterocycles. The van der Waals surface area contributed by atoms with E-state index in [0.29, 0.717) is 0 Å². The minimum Gasteiger partial charge on any atom is -0.467 e. The Bertz CT molecular complexity index is 472. The van der Waals surface area contributed by atoms with Crippen LogP contribution in [0.25, 0.3) is 0 Å². The number of rotatable bonds is 5. The van der Waals surface area contributed by atoms with Crippen molar-refractivity contribution in [2.24, 2.45) is 0 Å². The number of carbonyl (C=O) groups is 2. The molecular weight excluding hydrogens is 374 g/mol. The van der Waals surface area contributed by atoms with E-state index in [0.717, 1.165) is 0 Å². The summed E-state index contributed by atoms with van der Waals surface area (Å²) in [6, 6.07) is -0.763. The molecule has 6 atom stereocenters. The van der Waals surface area contributed by atoms with Gasteiger partial charge < -0.3 is 29.0 Å². The zero-order valence-corrected chi connectivity index (χ0v) is 15.3. The van der Waals surface area contributed by atoms with Crippen LogP contribution in [0, 0.1) is 0 Å². The second-order valence-electron chi connectivity index (χ2n) is 5.92. The molecule has 2 rings (SSSR count). The van der Waals surface area contributed by atoms with Crippen molar-refractivity contribution in [3.63, 3.8) is 0 Å². The SMILES string of the molecule is COC(=O)[C@@H](C)NC(=O)[C@H](Br)[C@H]1O[C@H]2OC(C)(C)O[C@@H]2[C@H]1OC. The number of nitrogens with one attached hydrogen (secondary N) is 1. The van der Waals surface area contributed by atoms with E-state index in [2.05, 4.69) is 26.0 Å². The van der Waals surface area contributed by atoms with Crippen molar-refractivity contribution in [3.05, 3.63) is 0 Å². The zero-order chi connectivity index (χ0) is 17.4. The van der Waals surface area contributed by atoms with Crippen LogP contribution in [-0.2, 0) is 33.3 Å². The Labute approximate surface area is 143 Å². The van der Waals surface area contributed by atoms with Gasteiger partial charge in [-0.15, -0.1) is 0 Å². The fourth-order valence-corrected chi connectivity index (χ4v) is 3.24. The molecule has 0 saturated carbocycles. The van der Waals surface area contributed by atoms with Gasteiger partial charge >= 0.3 is 5.97 Å². The molecule has 2 fully saturated rings. The Balaban J connectivity index is 2.01. The van der Waals surface area contributed by atoms with Gasteiger partial charge in [-0.2, -0.15) is 0 Å². The lowest BCUT2D eigenvalue weighted by molar-refractivity contribution is -0.216. The maximum absolute atomic E-state index is 12.3. The number of amides is 1. The minimum absolute atomic E-state index is 0.408. The quantitative estimate of drug-likeness (QED) is 0.529. The first kappa shape index (κ1) is 18.6. The molecule has 0 aliphatic carbocycles. The summed E-state index contributed by atoms with van der Waals surface area (Å²) in [5.74, 6) is -1.70. The molecule has 2 aliphatic heterocycles. The Morgan fingerprint density at radius 1 is 1.26 bits per heavy atom. The number of carbonyl (C=O) groups excluding carboxylic acids is 2. The third-order valence-corrected chi connectivity index (χ3v) is 4.69. The van der Waals surface area contributed by atoms with Crippen LogP contribution in [0.4, 0.5) is 0 Å². The highest BCUT2D eigenvalue weighted by Gasteiger charge is 2.57. The second-order valence-corrected chi connectivity index (χ2v) is 6.91. The summed E-state index contributed by atoms with van der Waals surface area (Å²) >= 11 is 3.31. The third-order valence-electron chi connectivity index (χ3n) is 3.75. The van der Waals surface area contributed by atoms with E-state index in [-0.39, 0.29) is 0 Å². The van der Waals surface area contributed by atoms with Crippen LogP contribution in [0.2, 0.25) is 0 Å². The molecule has 0 spiro atoms. The van der Waals surface area contributed by atoms with Gasteiger partial charge in [0.25, 0.3) is 0 Å². The van der Waals surface area contributed by atoms with E-state index >= 15 is 0 Å². The smallest absolute Gasteiger partial charge is 0.328 e. The highest BCUT2D eigenvalue weighted by Crippen LogP contribution is 2.40. The molecule has 9 heteroatoms. The largest absolute Gasteiger partial charge is 0.467 e. The molecule has 23 heavy (non-hydrogen) atoms. The molecule has 2 aliphatic rings. The van der Waals surface area contributed by atoms with E-state index in [1.54, 1.807) is 13.8 Å². The van der Waals surface area contributed by atoms with Crippen LogP contribution in [-0.4, -0.2) is 67.4 Å². The minimum atomic E-state index is -0.763. The van der Waals surface area contributed by atoms with Crippen LogP contribution >= 0.6 is 15.9 Å². The average molecular weight is 396 g/mol. The zero-order valence-electron chi connectivity index (χ0n) is 13.7.